The summed E-state index contributed by atoms with van der Waals surface area (Å²) >= 11 is 0. The molecule has 8 heteroatoms. The molecule has 0 saturated carbocycles. The van der Waals surface area contributed by atoms with Crippen LogP contribution in [-0.2, 0) is 10.0 Å². The lowest BCUT2D eigenvalue weighted by atomic mass is 10.2. The fourth-order valence-electron chi connectivity index (χ4n) is 1.24. The molecule has 0 aliphatic rings. The molecule has 1 aromatic carbocycles. The topological polar surface area (TPSA) is 74.7 Å². The van der Waals surface area contributed by atoms with E-state index in [-0.39, 0.29) is 10.5 Å². The van der Waals surface area contributed by atoms with Gasteiger partial charge in [-0.2, -0.15) is 4.31 Å². The Balaban J connectivity index is 3.02. The molecule has 0 aromatic heterocycles. The largest absolute Gasteiger partial charge is 0.478 e. The van der Waals surface area contributed by atoms with Crippen molar-refractivity contribution in [2.45, 2.75) is 11.3 Å². The van der Waals surface area contributed by atoms with Crippen LogP contribution >= 0.6 is 0 Å². The maximum atomic E-state index is 12.1. The third kappa shape index (κ3) is 3.23. The number of benzene rings is 1. The molecule has 0 saturated heterocycles. The number of carboxylic acid groups (broad SMARTS) is 1. The quantitative estimate of drug-likeness (QED) is 0.880. The molecule has 1 rings (SSSR count). The Kier molecular flexibility index (Phi) is 4.36. The van der Waals surface area contributed by atoms with Crippen molar-refractivity contribution in [3.05, 3.63) is 29.8 Å². The molecule has 0 radical (unpaired) electrons. The van der Waals surface area contributed by atoms with Crippen molar-refractivity contribution in [3.8, 4) is 0 Å². The molecule has 0 spiro atoms. The predicted octanol–water partition coefficient (Wildman–Crippen LogP) is 1.27. The number of aromatic carboxylic acids is 1. The predicted molar refractivity (Wildman–Crippen MR) is 59.2 cm³/mol. The first-order valence-electron chi connectivity index (χ1n) is 4.83. The number of nitrogens with zero attached hydrogens (tertiary/aromatic N) is 1. The number of alkyl halides is 2. The molecule has 0 bridgehead atoms. The summed E-state index contributed by atoms with van der Waals surface area (Å²) in [4.78, 5) is 10.4. The summed E-state index contributed by atoms with van der Waals surface area (Å²) in [5, 5.41) is 8.65. The van der Waals surface area contributed by atoms with E-state index in [0.717, 1.165) is 31.3 Å². The van der Waals surface area contributed by atoms with Crippen molar-refractivity contribution in [1.82, 2.24) is 4.31 Å². The second kappa shape index (κ2) is 5.40. The fraction of sp³-hybridized carbons (Fsp3) is 0.300. The van der Waals surface area contributed by atoms with Crippen LogP contribution in [0, 0.1) is 0 Å². The molecule has 0 fully saturated rings. The van der Waals surface area contributed by atoms with Crippen LogP contribution in [0.2, 0.25) is 0 Å². The van der Waals surface area contributed by atoms with Gasteiger partial charge in [-0.15, -0.1) is 0 Å². The van der Waals surface area contributed by atoms with Crippen molar-refractivity contribution < 1.29 is 27.1 Å². The molecule has 0 heterocycles. The Morgan fingerprint density at radius 1 is 1.33 bits per heavy atom. The number of halogens is 2. The Hall–Kier alpha value is -1.54. The molecule has 5 nitrogen and oxygen atoms in total. The highest BCUT2D eigenvalue weighted by Gasteiger charge is 2.23. The maximum Gasteiger partial charge on any atom is 0.335 e. The number of rotatable bonds is 5. The second-order valence-corrected chi connectivity index (χ2v) is 5.55. The Labute approximate surface area is 103 Å². The summed E-state index contributed by atoms with van der Waals surface area (Å²) < 4.78 is 48.3. The van der Waals surface area contributed by atoms with Crippen LogP contribution < -0.4 is 0 Å². The van der Waals surface area contributed by atoms with Gasteiger partial charge >= 0.3 is 5.97 Å². The van der Waals surface area contributed by atoms with Crippen LogP contribution in [0.25, 0.3) is 0 Å². The number of hydrogen-bond donors (Lipinski definition) is 1. The molecule has 0 aliphatic carbocycles. The minimum absolute atomic E-state index is 0.0783. The number of hydrogen-bond acceptors (Lipinski definition) is 3. The first-order valence-corrected chi connectivity index (χ1v) is 6.27. The average Bonchev–Trinajstić information content (AvgIpc) is 2.28. The van der Waals surface area contributed by atoms with E-state index in [1.54, 1.807) is 0 Å². The van der Waals surface area contributed by atoms with Gasteiger partial charge < -0.3 is 5.11 Å². The molecular formula is C10H11F2NO4S. The third-order valence-corrected chi connectivity index (χ3v) is 4.04. The van der Waals surface area contributed by atoms with Gasteiger partial charge in [-0.05, 0) is 24.3 Å². The van der Waals surface area contributed by atoms with E-state index in [2.05, 4.69) is 0 Å². The van der Waals surface area contributed by atoms with E-state index >= 15 is 0 Å². The number of sulfonamides is 1. The summed E-state index contributed by atoms with van der Waals surface area (Å²) in [7, 11) is -2.98. The van der Waals surface area contributed by atoms with Crippen molar-refractivity contribution in [2.75, 3.05) is 13.6 Å². The zero-order chi connectivity index (χ0) is 13.9. The first-order chi connectivity index (χ1) is 8.25. The molecule has 100 valence electrons. The van der Waals surface area contributed by atoms with E-state index in [0.29, 0.717) is 4.31 Å². The van der Waals surface area contributed by atoms with Crippen molar-refractivity contribution >= 4 is 16.0 Å². The summed E-state index contributed by atoms with van der Waals surface area (Å²) in [6.45, 7) is -0.914. The first kappa shape index (κ1) is 14.5. The van der Waals surface area contributed by atoms with E-state index in [1.807, 2.05) is 0 Å². The van der Waals surface area contributed by atoms with Gasteiger partial charge in [0.1, 0.15) is 0 Å². The van der Waals surface area contributed by atoms with Gasteiger partial charge in [-0.25, -0.2) is 22.0 Å². The molecule has 1 N–H and O–H groups in total. The van der Waals surface area contributed by atoms with Crippen LogP contribution in [-0.4, -0.2) is 43.8 Å². The minimum Gasteiger partial charge on any atom is -0.478 e. The van der Waals surface area contributed by atoms with Crippen LogP contribution in [0.5, 0.6) is 0 Å². The van der Waals surface area contributed by atoms with Gasteiger partial charge in [0.2, 0.25) is 10.0 Å². The Morgan fingerprint density at radius 2 is 1.83 bits per heavy atom. The van der Waals surface area contributed by atoms with E-state index in [1.165, 1.54) is 0 Å². The molecular weight excluding hydrogens is 268 g/mol. The normalized spacial score (nSPS) is 12.1. The highest BCUT2D eigenvalue weighted by atomic mass is 32.2. The zero-order valence-corrected chi connectivity index (χ0v) is 10.2. The van der Waals surface area contributed by atoms with E-state index < -0.39 is 29.0 Å². The molecule has 0 atom stereocenters. The Morgan fingerprint density at radius 3 is 2.22 bits per heavy atom. The van der Waals surface area contributed by atoms with Gasteiger partial charge in [0.05, 0.1) is 17.0 Å². The summed E-state index contributed by atoms with van der Waals surface area (Å²) in [6.07, 6.45) is -2.77. The van der Waals surface area contributed by atoms with Gasteiger partial charge in [-0.3, -0.25) is 0 Å². The van der Waals surface area contributed by atoms with E-state index in [9.17, 15) is 22.0 Å². The molecule has 18 heavy (non-hydrogen) atoms. The summed E-state index contributed by atoms with van der Waals surface area (Å²) in [5.74, 6) is -1.19. The van der Waals surface area contributed by atoms with Crippen LogP contribution in [0.3, 0.4) is 0 Å². The monoisotopic (exact) mass is 279 g/mol. The van der Waals surface area contributed by atoms with E-state index in [4.69, 9.17) is 5.11 Å². The summed E-state index contributed by atoms with van der Waals surface area (Å²) in [6, 6.07) is 4.35. The highest BCUT2D eigenvalue weighted by molar-refractivity contribution is 7.89. The van der Waals surface area contributed by atoms with Gasteiger partial charge in [0.15, 0.2) is 0 Å². The molecule has 0 aliphatic heterocycles. The van der Waals surface area contributed by atoms with Crippen molar-refractivity contribution in [2.24, 2.45) is 0 Å². The second-order valence-electron chi connectivity index (χ2n) is 3.51. The Bertz CT molecular complexity index is 527. The zero-order valence-electron chi connectivity index (χ0n) is 9.38. The van der Waals surface area contributed by atoms with Crippen LogP contribution in [0.15, 0.2) is 29.2 Å². The van der Waals surface area contributed by atoms with Crippen LogP contribution in [0.1, 0.15) is 10.4 Å². The number of carboxylic acids is 1. The van der Waals surface area contributed by atoms with Crippen LogP contribution in [0.4, 0.5) is 8.78 Å². The third-order valence-electron chi connectivity index (χ3n) is 2.20. The van der Waals surface area contributed by atoms with Gasteiger partial charge in [-0.1, -0.05) is 0 Å². The minimum atomic E-state index is -4.02. The lowest BCUT2D eigenvalue weighted by Crippen LogP contribution is -2.31. The summed E-state index contributed by atoms with van der Waals surface area (Å²) in [5.41, 5.74) is -0.0783. The molecule has 1 aromatic rings. The van der Waals surface area contributed by atoms with Crippen molar-refractivity contribution in [1.29, 1.82) is 0 Å². The molecule has 0 amide bonds. The average molecular weight is 279 g/mol. The van der Waals surface area contributed by atoms with Crippen molar-refractivity contribution in [3.63, 3.8) is 0 Å². The fourth-order valence-corrected chi connectivity index (χ4v) is 2.39. The lowest BCUT2D eigenvalue weighted by Gasteiger charge is -2.16. The lowest BCUT2D eigenvalue weighted by molar-refractivity contribution is 0.0696. The van der Waals surface area contributed by atoms with Gasteiger partial charge in [0, 0.05) is 7.05 Å². The number of carbonyl (C=O) groups is 1. The highest BCUT2D eigenvalue weighted by Crippen LogP contribution is 2.16. The molecule has 0 unspecified atom stereocenters. The van der Waals surface area contributed by atoms with Gasteiger partial charge in [0.25, 0.3) is 6.43 Å². The standard InChI is InChI=1S/C10H11F2NO4S/c1-13(6-9(11)12)18(16,17)8-4-2-7(3-5-8)10(14)15/h2-5,9H,6H2,1H3,(H,14,15). The smallest absolute Gasteiger partial charge is 0.335 e. The maximum absolute atomic E-state index is 12.1. The SMILES string of the molecule is CN(CC(F)F)S(=O)(=O)c1ccc(C(=O)O)cc1.